The van der Waals surface area contributed by atoms with Crippen molar-refractivity contribution in [3.63, 3.8) is 0 Å². The molecule has 1 fully saturated rings. The zero-order valence-corrected chi connectivity index (χ0v) is 14.0. The van der Waals surface area contributed by atoms with E-state index in [-0.39, 0.29) is 31.0 Å². The Morgan fingerprint density at radius 3 is 2.67 bits per heavy atom. The third-order valence-corrected chi connectivity index (χ3v) is 4.11. The number of rotatable bonds is 6. The summed E-state index contributed by atoms with van der Waals surface area (Å²) in [5.41, 5.74) is 0.0844. The van der Waals surface area contributed by atoms with E-state index < -0.39 is 29.1 Å². The lowest BCUT2D eigenvalue weighted by atomic mass is 10.1. The number of likely N-dealkylation sites (tertiary alicyclic amines) is 1. The van der Waals surface area contributed by atoms with Crippen LogP contribution in [0.4, 0.5) is 29.3 Å². The summed E-state index contributed by atoms with van der Waals surface area (Å²) in [5, 5.41) is 24.6. The molecule has 1 aliphatic heterocycles. The van der Waals surface area contributed by atoms with E-state index in [0.717, 1.165) is 4.90 Å². The minimum atomic E-state index is -4.96. The summed E-state index contributed by atoms with van der Waals surface area (Å²) in [7, 11) is 0. The molecule has 2 rings (SSSR count). The molecule has 0 aliphatic carbocycles. The molecule has 27 heavy (non-hydrogen) atoms. The van der Waals surface area contributed by atoms with Crippen LogP contribution in [0.15, 0.2) is 18.2 Å². The van der Waals surface area contributed by atoms with E-state index in [1.807, 2.05) is 0 Å². The van der Waals surface area contributed by atoms with Crippen LogP contribution in [0.5, 0.6) is 0 Å². The number of nitrogens with zero attached hydrogens (tertiary/aromatic N) is 2. The number of amides is 2. The molecule has 9 nitrogen and oxygen atoms in total. The van der Waals surface area contributed by atoms with Crippen LogP contribution in [0.1, 0.15) is 18.4 Å². The van der Waals surface area contributed by atoms with Gasteiger partial charge in [-0.15, -0.1) is 0 Å². The van der Waals surface area contributed by atoms with Crippen LogP contribution in [0.25, 0.3) is 0 Å². The Morgan fingerprint density at radius 1 is 1.37 bits per heavy atom. The normalized spacial score (nSPS) is 16.9. The summed E-state index contributed by atoms with van der Waals surface area (Å²) in [5.74, 6) is -1.92. The maximum absolute atomic E-state index is 12.6. The van der Waals surface area contributed by atoms with Crippen LogP contribution >= 0.6 is 0 Å². The summed E-state index contributed by atoms with van der Waals surface area (Å²) in [6.07, 6.45) is -5.48. The molecule has 1 aromatic carbocycles. The van der Waals surface area contributed by atoms with Crippen molar-refractivity contribution in [3.05, 3.63) is 33.9 Å². The van der Waals surface area contributed by atoms with Gasteiger partial charge in [0, 0.05) is 31.7 Å². The number of carbonyl (C=O) groups excluding carboxylic acids is 1. The van der Waals surface area contributed by atoms with Crippen molar-refractivity contribution in [3.8, 4) is 0 Å². The monoisotopic (exact) mass is 390 g/mol. The molecule has 0 radical (unpaired) electrons. The highest BCUT2D eigenvalue weighted by atomic mass is 19.4. The van der Waals surface area contributed by atoms with Gasteiger partial charge < -0.3 is 20.6 Å². The van der Waals surface area contributed by atoms with Gasteiger partial charge in [-0.2, -0.15) is 13.2 Å². The van der Waals surface area contributed by atoms with Crippen molar-refractivity contribution >= 4 is 23.4 Å². The van der Waals surface area contributed by atoms with Gasteiger partial charge in [0.05, 0.1) is 4.92 Å². The third-order valence-electron chi connectivity index (χ3n) is 4.11. The van der Waals surface area contributed by atoms with Gasteiger partial charge in [-0.25, -0.2) is 4.79 Å². The summed E-state index contributed by atoms with van der Waals surface area (Å²) in [4.78, 5) is 33.2. The molecule has 2 amide bonds. The van der Waals surface area contributed by atoms with Crippen LogP contribution in [0, 0.1) is 10.1 Å². The molecule has 0 bridgehead atoms. The first-order valence-electron chi connectivity index (χ1n) is 7.95. The molecular weight excluding hydrogens is 373 g/mol. The van der Waals surface area contributed by atoms with Crippen molar-refractivity contribution in [2.75, 3.05) is 18.4 Å². The first-order valence-corrected chi connectivity index (χ1v) is 7.95. The average Bonchev–Trinajstić information content (AvgIpc) is 3.05. The summed E-state index contributed by atoms with van der Waals surface area (Å²) < 4.78 is 37.9. The van der Waals surface area contributed by atoms with E-state index in [2.05, 4.69) is 10.6 Å². The standard InChI is InChI=1S/C15H17F3N4O5/c16-15(17,18)13(23)21-5-1-2-10(21)8-19-11-4-3-9(7-20-14(24)25)6-12(11)22(26)27/h3-4,6,10,19-20H,1-2,5,7-8H2,(H,24,25). The second-order valence-electron chi connectivity index (χ2n) is 5.94. The van der Waals surface area contributed by atoms with Gasteiger partial charge >= 0.3 is 18.2 Å². The largest absolute Gasteiger partial charge is 0.471 e. The van der Waals surface area contributed by atoms with Crippen LogP contribution < -0.4 is 10.6 Å². The maximum Gasteiger partial charge on any atom is 0.471 e. The Kier molecular flexibility index (Phi) is 6.08. The van der Waals surface area contributed by atoms with Gasteiger partial charge in [-0.3, -0.25) is 14.9 Å². The van der Waals surface area contributed by atoms with Gasteiger partial charge in [0.25, 0.3) is 5.69 Å². The predicted molar refractivity (Wildman–Crippen MR) is 87.2 cm³/mol. The molecule has 1 unspecified atom stereocenters. The summed E-state index contributed by atoms with van der Waals surface area (Å²) >= 11 is 0. The molecule has 1 heterocycles. The lowest BCUT2D eigenvalue weighted by Gasteiger charge is -2.26. The van der Waals surface area contributed by atoms with Gasteiger partial charge in [0.2, 0.25) is 0 Å². The van der Waals surface area contributed by atoms with E-state index >= 15 is 0 Å². The molecule has 1 aromatic rings. The van der Waals surface area contributed by atoms with Gasteiger partial charge in [0.1, 0.15) is 5.69 Å². The molecule has 12 heteroatoms. The molecule has 1 atom stereocenters. The molecule has 0 spiro atoms. The number of carbonyl (C=O) groups is 2. The lowest BCUT2D eigenvalue weighted by Crippen LogP contribution is -2.46. The van der Waals surface area contributed by atoms with Crippen molar-refractivity contribution in [1.29, 1.82) is 0 Å². The second kappa shape index (κ2) is 8.10. The molecule has 148 valence electrons. The van der Waals surface area contributed by atoms with Crippen molar-refractivity contribution in [2.24, 2.45) is 0 Å². The fraction of sp³-hybridized carbons (Fsp3) is 0.467. The quantitative estimate of drug-likeness (QED) is 0.506. The number of hydrogen-bond donors (Lipinski definition) is 3. The predicted octanol–water partition coefficient (Wildman–Crippen LogP) is 2.33. The Bertz CT molecular complexity index is 741. The highest BCUT2D eigenvalue weighted by Gasteiger charge is 2.45. The number of alkyl halides is 3. The Hall–Kier alpha value is -3.05. The van der Waals surface area contributed by atoms with Crippen molar-refractivity contribution < 1.29 is 32.8 Å². The highest BCUT2D eigenvalue weighted by molar-refractivity contribution is 5.82. The molecule has 1 saturated heterocycles. The molecule has 1 aliphatic rings. The van der Waals surface area contributed by atoms with E-state index in [9.17, 15) is 32.9 Å². The highest BCUT2D eigenvalue weighted by Crippen LogP contribution is 2.28. The number of anilines is 1. The van der Waals surface area contributed by atoms with E-state index in [1.54, 1.807) is 0 Å². The van der Waals surface area contributed by atoms with E-state index in [4.69, 9.17) is 5.11 Å². The van der Waals surface area contributed by atoms with Gasteiger partial charge in [-0.1, -0.05) is 6.07 Å². The van der Waals surface area contributed by atoms with Crippen molar-refractivity contribution in [2.45, 2.75) is 31.6 Å². The Labute approximate surface area is 151 Å². The molecular formula is C15H17F3N4O5. The van der Waals surface area contributed by atoms with Crippen LogP contribution in [0.2, 0.25) is 0 Å². The summed E-state index contributed by atoms with van der Waals surface area (Å²) in [6, 6.07) is 3.25. The van der Waals surface area contributed by atoms with Crippen LogP contribution in [0.3, 0.4) is 0 Å². The fourth-order valence-electron chi connectivity index (χ4n) is 2.87. The minimum absolute atomic E-state index is 0.0213. The number of benzene rings is 1. The topological polar surface area (TPSA) is 125 Å². The minimum Gasteiger partial charge on any atom is -0.465 e. The first-order chi connectivity index (χ1) is 12.6. The van der Waals surface area contributed by atoms with E-state index in [0.29, 0.717) is 18.4 Å². The number of halogens is 3. The smallest absolute Gasteiger partial charge is 0.465 e. The van der Waals surface area contributed by atoms with Crippen LogP contribution in [-0.2, 0) is 11.3 Å². The van der Waals surface area contributed by atoms with Crippen molar-refractivity contribution in [1.82, 2.24) is 10.2 Å². The Morgan fingerprint density at radius 2 is 2.07 bits per heavy atom. The van der Waals surface area contributed by atoms with Crippen LogP contribution in [-0.4, -0.2) is 52.2 Å². The SMILES string of the molecule is O=C(O)NCc1ccc(NCC2CCCN2C(=O)C(F)(F)F)c([N+](=O)[O-])c1. The number of hydrogen-bond acceptors (Lipinski definition) is 5. The fourth-order valence-corrected chi connectivity index (χ4v) is 2.87. The summed E-state index contributed by atoms with van der Waals surface area (Å²) in [6.45, 7) is -0.227. The Balaban J connectivity index is 2.09. The first kappa shape index (κ1) is 20.3. The molecule has 3 N–H and O–H groups in total. The number of nitrogens with one attached hydrogen (secondary N) is 2. The average molecular weight is 390 g/mol. The number of nitro benzene ring substituents is 1. The number of carboxylic acid groups (broad SMARTS) is 1. The molecule has 0 saturated carbocycles. The zero-order valence-electron chi connectivity index (χ0n) is 14.0. The van der Waals surface area contributed by atoms with Gasteiger partial charge in [0.15, 0.2) is 0 Å². The zero-order chi connectivity index (χ0) is 20.2. The lowest BCUT2D eigenvalue weighted by molar-refractivity contribution is -0.384. The van der Waals surface area contributed by atoms with Gasteiger partial charge in [-0.05, 0) is 24.5 Å². The van der Waals surface area contributed by atoms with E-state index in [1.165, 1.54) is 18.2 Å². The second-order valence-corrected chi connectivity index (χ2v) is 5.94. The molecule has 0 aromatic heterocycles. The maximum atomic E-state index is 12.6. The number of nitro groups is 1. The third kappa shape index (κ3) is 5.21.